The van der Waals surface area contributed by atoms with Crippen molar-refractivity contribution in [2.45, 2.75) is 39.6 Å². The highest BCUT2D eigenvalue weighted by molar-refractivity contribution is 14.0. The second-order valence-corrected chi connectivity index (χ2v) is 9.60. The number of guanidine groups is 1. The molecule has 9 heteroatoms. The number of nitrogens with zero attached hydrogens (tertiary/aromatic N) is 2. The lowest BCUT2D eigenvalue weighted by Crippen LogP contribution is -2.36. The summed E-state index contributed by atoms with van der Waals surface area (Å²) in [6.07, 6.45) is 1.24. The lowest BCUT2D eigenvalue weighted by molar-refractivity contribution is 0.601. The molecule has 0 fully saturated rings. The van der Waals surface area contributed by atoms with Crippen molar-refractivity contribution >= 4 is 51.1 Å². The molecule has 0 spiro atoms. The first-order valence-corrected chi connectivity index (χ1v) is 11.3. The Bertz CT molecular complexity index is 862. The molecule has 0 unspecified atom stereocenters. The average molecular weight is 522 g/mol. The SMILES string of the molecule is CCNC(=NCc1ccc(CS(C)(=O)=O)cc1)NCc1sc(C)nc1C.I. The number of hydrogen-bond acceptors (Lipinski definition) is 5. The third kappa shape index (κ3) is 8.56. The summed E-state index contributed by atoms with van der Waals surface area (Å²) in [5.41, 5.74) is 2.88. The predicted octanol–water partition coefficient (Wildman–Crippen LogP) is 3.18. The number of thiazole rings is 1. The quantitative estimate of drug-likeness (QED) is 0.332. The smallest absolute Gasteiger partial charge is 0.191 e. The Morgan fingerprint density at radius 3 is 2.30 bits per heavy atom. The normalized spacial score (nSPS) is 11.8. The summed E-state index contributed by atoms with van der Waals surface area (Å²) in [4.78, 5) is 10.2. The van der Waals surface area contributed by atoms with E-state index in [0.717, 1.165) is 34.3 Å². The molecule has 0 aliphatic rings. The Labute approximate surface area is 182 Å². The Morgan fingerprint density at radius 1 is 1.15 bits per heavy atom. The average Bonchev–Trinajstić information content (AvgIpc) is 2.87. The summed E-state index contributed by atoms with van der Waals surface area (Å²) in [7, 11) is -3.01. The van der Waals surface area contributed by atoms with Crippen LogP contribution in [-0.2, 0) is 28.7 Å². The van der Waals surface area contributed by atoms with Crippen molar-refractivity contribution in [2.24, 2.45) is 4.99 Å². The van der Waals surface area contributed by atoms with Gasteiger partial charge >= 0.3 is 0 Å². The molecular weight excluding hydrogens is 495 g/mol. The largest absolute Gasteiger partial charge is 0.357 e. The molecule has 27 heavy (non-hydrogen) atoms. The summed E-state index contributed by atoms with van der Waals surface area (Å²) in [6, 6.07) is 7.53. The number of halogens is 1. The zero-order valence-electron chi connectivity index (χ0n) is 16.1. The van der Waals surface area contributed by atoms with Crippen LogP contribution < -0.4 is 10.6 Å². The van der Waals surface area contributed by atoms with E-state index in [4.69, 9.17) is 0 Å². The van der Waals surface area contributed by atoms with Crippen LogP contribution in [0.4, 0.5) is 0 Å². The maximum atomic E-state index is 11.3. The minimum atomic E-state index is -3.01. The third-order valence-corrected chi connectivity index (χ3v) is 5.56. The van der Waals surface area contributed by atoms with E-state index < -0.39 is 9.84 Å². The summed E-state index contributed by atoms with van der Waals surface area (Å²) in [6.45, 7) is 8.04. The van der Waals surface area contributed by atoms with Crippen LogP contribution in [0.1, 0.15) is 33.6 Å². The number of aromatic nitrogens is 1. The molecule has 0 atom stereocenters. The van der Waals surface area contributed by atoms with Crippen LogP contribution in [0.2, 0.25) is 0 Å². The van der Waals surface area contributed by atoms with Crippen molar-refractivity contribution in [1.29, 1.82) is 0 Å². The molecule has 2 aromatic rings. The van der Waals surface area contributed by atoms with E-state index in [1.807, 2.05) is 45.0 Å². The molecule has 0 saturated carbocycles. The highest BCUT2D eigenvalue weighted by atomic mass is 127. The van der Waals surface area contributed by atoms with E-state index in [0.29, 0.717) is 13.1 Å². The zero-order chi connectivity index (χ0) is 19.2. The molecule has 1 heterocycles. The molecule has 0 aliphatic heterocycles. The number of sulfone groups is 1. The fourth-order valence-electron chi connectivity index (χ4n) is 2.46. The van der Waals surface area contributed by atoms with Crippen molar-refractivity contribution in [3.8, 4) is 0 Å². The van der Waals surface area contributed by atoms with E-state index in [-0.39, 0.29) is 29.7 Å². The first-order chi connectivity index (χ1) is 12.3. The van der Waals surface area contributed by atoms with Gasteiger partial charge < -0.3 is 10.6 Å². The zero-order valence-corrected chi connectivity index (χ0v) is 20.0. The number of hydrogen-bond donors (Lipinski definition) is 2. The summed E-state index contributed by atoms with van der Waals surface area (Å²) >= 11 is 1.69. The van der Waals surface area contributed by atoms with Crippen LogP contribution in [0.5, 0.6) is 0 Å². The van der Waals surface area contributed by atoms with Gasteiger partial charge in [-0.2, -0.15) is 0 Å². The molecule has 0 radical (unpaired) electrons. The van der Waals surface area contributed by atoms with Crippen molar-refractivity contribution in [2.75, 3.05) is 12.8 Å². The number of rotatable bonds is 7. The molecule has 0 aliphatic carbocycles. The minimum Gasteiger partial charge on any atom is -0.357 e. The summed E-state index contributed by atoms with van der Waals surface area (Å²) in [5, 5.41) is 7.63. The number of nitrogens with one attached hydrogen (secondary N) is 2. The van der Waals surface area contributed by atoms with Crippen LogP contribution in [0.3, 0.4) is 0 Å². The van der Waals surface area contributed by atoms with Crippen molar-refractivity contribution < 1.29 is 8.42 Å². The topological polar surface area (TPSA) is 83.5 Å². The number of benzene rings is 1. The molecule has 0 amide bonds. The Morgan fingerprint density at radius 2 is 1.78 bits per heavy atom. The van der Waals surface area contributed by atoms with Gasteiger partial charge in [-0.25, -0.2) is 18.4 Å². The monoisotopic (exact) mass is 522 g/mol. The van der Waals surface area contributed by atoms with Gasteiger partial charge in [0, 0.05) is 17.7 Å². The Kier molecular flexibility index (Phi) is 9.68. The molecule has 0 bridgehead atoms. The van der Waals surface area contributed by atoms with Gasteiger partial charge in [0.25, 0.3) is 0 Å². The van der Waals surface area contributed by atoms with Crippen LogP contribution in [0.25, 0.3) is 0 Å². The van der Waals surface area contributed by atoms with Crippen molar-refractivity contribution in [1.82, 2.24) is 15.6 Å². The molecule has 2 rings (SSSR count). The van der Waals surface area contributed by atoms with Crippen molar-refractivity contribution in [3.05, 3.63) is 51.0 Å². The van der Waals surface area contributed by atoms with Gasteiger partial charge in [-0.05, 0) is 31.9 Å². The van der Waals surface area contributed by atoms with Gasteiger partial charge in [0.2, 0.25) is 0 Å². The van der Waals surface area contributed by atoms with E-state index in [2.05, 4.69) is 20.6 Å². The summed E-state index contributed by atoms with van der Waals surface area (Å²) < 4.78 is 22.7. The van der Waals surface area contributed by atoms with E-state index in [1.54, 1.807) is 11.3 Å². The molecule has 1 aromatic heterocycles. The van der Waals surface area contributed by atoms with Crippen LogP contribution in [0.15, 0.2) is 29.3 Å². The molecule has 6 nitrogen and oxygen atoms in total. The van der Waals surface area contributed by atoms with Gasteiger partial charge in [-0.15, -0.1) is 35.3 Å². The standard InChI is InChI=1S/C18H26N4O2S2.HI/c1-5-19-18(21-11-17-13(2)22-14(3)25-17)20-10-15-6-8-16(9-7-15)12-26(4,23)24;/h6-9H,5,10-12H2,1-4H3,(H2,19,20,21);1H. The molecule has 2 N–H and O–H groups in total. The molecule has 0 saturated heterocycles. The second kappa shape index (κ2) is 11.0. The van der Waals surface area contributed by atoms with E-state index in [9.17, 15) is 8.42 Å². The molecule has 1 aromatic carbocycles. The molecule has 150 valence electrons. The number of aryl methyl sites for hydroxylation is 2. The lowest BCUT2D eigenvalue weighted by atomic mass is 10.1. The Hall–Kier alpha value is -1.20. The van der Waals surface area contributed by atoms with Gasteiger partial charge in [0.1, 0.15) is 0 Å². The second-order valence-electron chi connectivity index (χ2n) is 6.18. The maximum Gasteiger partial charge on any atom is 0.191 e. The van der Waals surface area contributed by atoms with Gasteiger partial charge in [0.05, 0.1) is 29.5 Å². The van der Waals surface area contributed by atoms with Crippen LogP contribution in [0, 0.1) is 13.8 Å². The van der Waals surface area contributed by atoms with E-state index >= 15 is 0 Å². The molecular formula is C18H27IN4O2S2. The van der Waals surface area contributed by atoms with Crippen molar-refractivity contribution in [3.63, 3.8) is 0 Å². The van der Waals surface area contributed by atoms with Crippen LogP contribution in [-0.4, -0.2) is 32.2 Å². The lowest BCUT2D eigenvalue weighted by Gasteiger charge is -2.11. The predicted molar refractivity (Wildman–Crippen MR) is 124 cm³/mol. The first kappa shape index (κ1) is 23.8. The Balaban J connectivity index is 0.00000364. The fourth-order valence-corrected chi connectivity index (χ4v) is 4.13. The maximum absolute atomic E-state index is 11.3. The van der Waals surface area contributed by atoms with Gasteiger partial charge in [0.15, 0.2) is 15.8 Å². The third-order valence-electron chi connectivity index (χ3n) is 3.63. The fraction of sp³-hybridized carbons (Fsp3) is 0.444. The highest BCUT2D eigenvalue weighted by Gasteiger charge is 2.06. The van der Waals surface area contributed by atoms with Gasteiger partial charge in [-0.1, -0.05) is 24.3 Å². The van der Waals surface area contributed by atoms with Gasteiger partial charge in [-0.3, -0.25) is 0 Å². The first-order valence-electron chi connectivity index (χ1n) is 8.47. The highest BCUT2D eigenvalue weighted by Crippen LogP contribution is 2.16. The van der Waals surface area contributed by atoms with Crippen LogP contribution >= 0.6 is 35.3 Å². The number of aliphatic imine (C=N–C) groups is 1. The minimum absolute atomic E-state index is 0. The summed E-state index contributed by atoms with van der Waals surface area (Å²) in [5.74, 6) is 0.812. The van der Waals surface area contributed by atoms with E-state index in [1.165, 1.54) is 11.1 Å².